The molecular weight excluding hydrogens is 595 g/mol. The summed E-state index contributed by atoms with van der Waals surface area (Å²) in [5.74, 6) is -0.0199. The summed E-state index contributed by atoms with van der Waals surface area (Å²) in [6.07, 6.45) is 3.92. The van der Waals surface area contributed by atoms with Gasteiger partial charge in [0.25, 0.3) is 5.91 Å². The minimum atomic E-state index is -3.64. The minimum Gasteiger partial charge on any atom is -1.00 e. The van der Waals surface area contributed by atoms with Crippen LogP contribution in [0.3, 0.4) is 0 Å². The zero-order valence-electron chi connectivity index (χ0n) is 17.7. The Hall–Kier alpha value is -1.60. The molecule has 33 heavy (non-hydrogen) atoms. The number of fused-ring (bicyclic) bond motifs is 2. The van der Waals surface area contributed by atoms with E-state index in [1.54, 1.807) is 29.2 Å². The molecule has 7 nitrogen and oxygen atoms in total. The third-order valence-corrected chi connectivity index (χ3v) is 9.04. The number of nitrogens with one attached hydrogen (secondary N) is 1. The average Bonchev–Trinajstić information content (AvgIpc) is 3.21. The monoisotopic (exact) mass is 616 g/mol. The maximum atomic E-state index is 13.2. The molecule has 2 aromatic carbocycles. The standard InChI is InChI=1S/C22H21ClN4O3S2.HI/c1-25-7-6-19-20(14-25)31-21(24-19)22(28)26-8-10-27(11-9-26)32(29,30)18-5-3-15-12-17(23)4-2-16(15)13-18;/h2-7,12-14,21H,8-11H2,1H3;1H. The molecule has 5 rings (SSSR count). The summed E-state index contributed by atoms with van der Waals surface area (Å²) in [6, 6.07) is 12.4. The van der Waals surface area contributed by atoms with Crippen molar-refractivity contribution in [3.05, 3.63) is 59.9 Å². The number of hydrogen-bond acceptors (Lipinski definition) is 5. The van der Waals surface area contributed by atoms with Gasteiger partial charge in [-0.2, -0.15) is 4.31 Å². The number of anilines is 1. The van der Waals surface area contributed by atoms with Crippen LogP contribution in [0.4, 0.5) is 5.69 Å². The van der Waals surface area contributed by atoms with E-state index in [-0.39, 0.29) is 53.2 Å². The molecule has 174 valence electrons. The molecule has 11 heteroatoms. The average molecular weight is 617 g/mol. The lowest BCUT2D eigenvalue weighted by molar-refractivity contribution is -0.673. The molecule has 0 aliphatic carbocycles. The number of carbonyl (C=O) groups is 1. The van der Waals surface area contributed by atoms with Crippen LogP contribution in [0.1, 0.15) is 0 Å². The van der Waals surface area contributed by atoms with E-state index in [4.69, 9.17) is 11.6 Å². The van der Waals surface area contributed by atoms with Gasteiger partial charge in [0.05, 0.1) is 15.5 Å². The van der Waals surface area contributed by atoms with E-state index >= 15 is 0 Å². The Morgan fingerprint density at radius 3 is 2.55 bits per heavy atom. The third-order valence-electron chi connectivity index (χ3n) is 5.78. The topological polar surface area (TPSA) is 73.6 Å². The van der Waals surface area contributed by atoms with Gasteiger partial charge in [-0.05, 0) is 35.0 Å². The molecule has 1 N–H and O–H groups in total. The molecule has 2 aliphatic heterocycles. The third kappa shape index (κ3) is 4.81. The van der Waals surface area contributed by atoms with E-state index in [0.717, 1.165) is 21.4 Å². The van der Waals surface area contributed by atoms with Crippen LogP contribution < -0.4 is 33.9 Å². The second kappa shape index (κ2) is 9.57. The van der Waals surface area contributed by atoms with Gasteiger partial charge in [-0.3, -0.25) is 4.79 Å². The van der Waals surface area contributed by atoms with E-state index in [2.05, 4.69) is 5.32 Å². The molecule has 2 aliphatic rings. The van der Waals surface area contributed by atoms with Crippen LogP contribution in [0, 0.1) is 0 Å². The number of aromatic nitrogens is 1. The molecule has 3 heterocycles. The van der Waals surface area contributed by atoms with Gasteiger partial charge in [-0.1, -0.05) is 35.5 Å². The predicted molar refractivity (Wildman–Crippen MR) is 125 cm³/mol. The van der Waals surface area contributed by atoms with E-state index in [1.165, 1.54) is 16.1 Å². The Bertz CT molecular complexity index is 1330. The van der Waals surface area contributed by atoms with Gasteiger partial charge in [0.2, 0.25) is 10.0 Å². The van der Waals surface area contributed by atoms with Crippen LogP contribution in [-0.2, 0) is 21.9 Å². The first kappa shape index (κ1) is 24.5. The Kier molecular flexibility index (Phi) is 7.11. The lowest BCUT2D eigenvalue weighted by atomic mass is 10.1. The number of pyridine rings is 1. The number of aryl methyl sites for hydroxylation is 1. The van der Waals surface area contributed by atoms with E-state index in [9.17, 15) is 13.2 Å². The van der Waals surface area contributed by atoms with Gasteiger partial charge in [-0.15, -0.1) is 0 Å². The first-order valence-electron chi connectivity index (χ1n) is 10.2. The maximum absolute atomic E-state index is 13.2. The number of sulfonamides is 1. The maximum Gasteiger partial charge on any atom is 0.256 e. The lowest BCUT2D eigenvalue weighted by Crippen LogP contribution is -3.00. The highest BCUT2D eigenvalue weighted by Gasteiger charge is 2.36. The second-order valence-corrected chi connectivity index (χ2v) is 11.4. The number of rotatable bonds is 3. The molecule has 0 saturated carbocycles. The quantitative estimate of drug-likeness (QED) is 0.323. The fourth-order valence-electron chi connectivity index (χ4n) is 4.01. The number of piperazine rings is 1. The zero-order chi connectivity index (χ0) is 22.5. The highest BCUT2D eigenvalue weighted by atomic mass is 127. The van der Waals surface area contributed by atoms with E-state index in [1.807, 2.05) is 42.2 Å². The van der Waals surface area contributed by atoms with Crippen LogP contribution >= 0.6 is 23.4 Å². The summed E-state index contributed by atoms with van der Waals surface area (Å²) in [5, 5.41) is 5.20. The SMILES string of the molecule is C[n+]1ccc2c(c1)SC(C(=O)N1CCN(S(=O)(=O)c3ccc4cc(Cl)ccc4c3)CC1)N2.[I-]. The molecule has 0 bridgehead atoms. The first-order valence-corrected chi connectivity index (χ1v) is 12.9. The van der Waals surface area contributed by atoms with Crippen molar-refractivity contribution < 1.29 is 41.8 Å². The van der Waals surface area contributed by atoms with Gasteiger partial charge in [0.1, 0.15) is 7.05 Å². The van der Waals surface area contributed by atoms with Crippen molar-refractivity contribution >= 4 is 55.8 Å². The van der Waals surface area contributed by atoms with Crippen molar-refractivity contribution in [1.82, 2.24) is 9.21 Å². The van der Waals surface area contributed by atoms with Crippen LogP contribution in [0.2, 0.25) is 5.02 Å². The molecule has 1 fully saturated rings. The summed E-state index contributed by atoms with van der Waals surface area (Å²) in [5.41, 5.74) is 0.949. The van der Waals surface area contributed by atoms with Crippen molar-refractivity contribution in [2.75, 3.05) is 31.5 Å². The summed E-state index contributed by atoms with van der Waals surface area (Å²) in [6.45, 7) is 1.27. The number of nitrogens with zero attached hydrogens (tertiary/aromatic N) is 3. The molecule has 0 radical (unpaired) electrons. The fourth-order valence-corrected chi connectivity index (χ4v) is 6.82. The summed E-state index contributed by atoms with van der Waals surface area (Å²) in [4.78, 5) is 16.0. The second-order valence-electron chi connectivity index (χ2n) is 7.91. The largest absolute Gasteiger partial charge is 1.00 e. The minimum absolute atomic E-state index is 0. The van der Waals surface area contributed by atoms with Gasteiger partial charge < -0.3 is 34.2 Å². The Balaban J connectivity index is 0.00000259. The van der Waals surface area contributed by atoms with Crippen molar-refractivity contribution in [1.29, 1.82) is 0 Å². The van der Waals surface area contributed by atoms with Crippen molar-refractivity contribution in [2.24, 2.45) is 7.05 Å². The number of halogens is 2. The molecule has 1 atom stereocenters. The van der Waals surface area contributed by atoms with Crippen LogP contribution in [0.15, 0.2) is 64.6 Å². The number of carbonyl (C=O) groups excluding carboxylic acids is 1. The van der Waals surface area contributed by atoms with Crippen LogP contribution in [-0.4, -0.2) is 55.1 Å². The predicted octanol–water partition coefficient (Wildman–Crippen LogP) is -0.301. The molecule has 3 aromatic rings. The smallest absolute Gasteiger partial charge is 0.256 e. The number of amides is 1. The fraction of sp³-hybridized carbons (Fsp3) is 0.273. The molecule has 1 unspecified atom stereocenters. The Labute approximate surface area is 219 Å². The summed E-state index contributed by atoms with van der Waals surface area (Å²) < 4.78 is 29.8. The molecule has 1 aromatic heterocycles. The normalized spacial score (nSPS) is 18.5. The van der Waals surface area contributed by atoms with Crippen molar-refractivity contribution in [2.45, 2.75) is 15.2 Å². The van der Waals surface area contributed by atoms with Gasteiger partial charge in [0.15, 0.2) is 17.8 Å². The summed E-state index contributed by atoms with van der Waals surface area (Å²) >= 11 is 7.52. The number of hydrogen-bond donors (Lipinski definition) is 1. The van der Waals surface area contributed by atoms with E-state index in [0.29, 0.717) is 18.1 Å². The number of benzene rings is 2. The van der Waals surface area contributed by atoms with Gasteiger partial charge in [0, 0.05) is 37.3 Å². The zero-order valence-corrected chi connectivity index (χ0v) is 22.3. The Morgan fingerprint density at radius 1 is 1.09 bits per heavy atom. The van der Waals surface area contributed by atoms with Gasteiger partial charge in [-0.25, -0.2) is 13.0 Å². The highest BCUT2D eigenvalue weighted by Crippen LogP contribution is 2.38. The van der Waals surface area contributed by atoms with Crippen molar-refractivity contribution in [3.8, 4) is 0 Å². The molecule has 1 amide bonds. The highest BCUT2D eigenvalue weighted by molar-refractivity contribution is 8.01. The number of thioether (sulfide) groups is 1. The lowest BCUT2D eigenvalue weighted by Gasteiger charge is -2.35. The van der Waals surface area contributed by atoms with Crippen LogP contribution in [0.5, 0.6) is 0 Å². The summed E-state index contributed by atoms with van der Waals surface area (Å²) in [7, 11) is -1.70. The molecular formula is C22H22ClIN4O3S2. The molecule has 1 saturated heterocycles. The van der Waals surface area contributed by atoms with Crippen LogP contribution in [0.25, 0.3) is 10.8 Å². The Morgan fingerprint density at radius 2 is 1.79 bits per heavy atom. The van der Waals surface area contributed by atoms with Gasteiger partial charge >= 0.3 is 0 Å². The van der Waals surface area contributed by atoms with E-state index < -0.39 is 10.0 Å². The molecule has 0 spiro atoms. The first-order chi connectivity index (χ1) is 15.3. The van der Waals surface area contributed by atoms with Crippen molar-refractivity contribution in [3.63, 3.8) is 0 Å².